The average molecular weight is 377 g/mol. The molecule has 1 amide bonds. The molecule has 0 radical (unpaired) electrons. The SMILES string of the molecule is CNc1ccc(C(=O)Nc2ccccc2Oc2ccc(C)cc2)cc1[N+](=O)[O-]. The van der Waals surface area contributed by atoms with Crippen molar-refractivity contribution in [3.63, 3.8) is 0 Å². The highest BCUT2D eigenvalue weighted by Gasteiger charge is 2.18. The van der Waals surface area contributed by atoms with Crippen LogP contribution in [0.4, 0.5) is 17.1 Å². The van der Waals surface area contributed by atoms with Gasteiger partial charge in [0.25, 0.3) is 11.6 Å². The van der Waals surface area contributed by atoms with Crippen molar-refractivity contribution < 1.29 is 14.5 Å². The number of carbonyl (C=O) groups excluding carboxylic acids is 1. The summed E-state index contributed by atoms with van der Waals surface area (Å²) in [5, 5.41) is 16.7. The zero-order valence-electron chi connectivity index (χ0n) is 15.4. The Kier molecular flexibility index (Phi) is 5.55. The quantitative estimate of drug-likeness (QED) is 0.466. The Morgan fingerprint density at radius 2 is 1.71 bits per heavy atom. The van der Waals surface area contributed by atoms with Crippen LogP contribution in [-0.2, 0) is 0 Å². The van der Waals surface area contributed by atoms with Crippen LogP contribution < -0.4 is 15.4 Å². The van der Waals surface area contributed by atoms with Crippen LogP contribution in [0.3, 0.4) is 0 Å². The van der Waals surface area contributed by atoms with Gasteiger partial charge in [-0.2, -0.15) is 0 Å². The normalized spacial score (nSPS) is 10.2. The highest BCUT2D eigenvalue weighted by atomic mass is 16.6. The van der Waals surface area contributed by atoms with Gasteiger partial charge >= 0.3 is 0 Å². The summed E-state index contributed by atoms with van der Waals surface area (Å²) in [6, 6.07) is 18.8. The minimum Gasteiger partial charge on any atom is -0.455 e. The van der Waals surface area contributed by atoms with Gasteiger partial charge in [0.15, 0.2) is 5.75 Å². The van der Waals surface area contributed by atoms with Gasteiger partial charge in [-0.15, -0.1) is 0 Å². The molecule has 0 unspecified atom stereocenters. The molecular weight excluding hydrogens is 358 g/mol. The summed E-state index contributed by atoms with van der Waals surface area (Å²) in [4.78, 5) is 23.3. The maximum Gasteiger partial charge on any atom is 0.293 e. The monoisotopic (exact) mass is 377 g/mol. The zero-order chi connectivity index (χ0) is 20.1. The van der Waals surface area contributed by atoms with E-state index in [0.717, 1.165) is 5.56 Å². The number of carbonyl (C=O) groups is 1. The van der Waals surface area contributed by atoms with Gasteiger partial charge in [-0.1, -0.05) is 29.8 Å². The lowest BCUT2D eigenvalue weighted by Gasteiger charge is -2.13. The standard InChI is InChI=1S/C21H19N3O4/c1-14-7-10-16(11-8-14)28-20-6-4-3-5-18(20)23-21(25)15-9-12-17(22-2)19(13-15)24(26)27/h3-13,22H,1-2H3,(H,23,25). The molecule has 0 spiro atoms. The minimum atomic E-state index is -0.531. The first-order chi connectivity index (χ1) is 13.5. The van der Waals surface area contributed by atoms with Crippen molar-refractivity contribution in [3.8, 4) is 11.5 Å². The summed E-state index contributed by atoms with van der Waals surface area (Å²) < 4.78 is 5.87. The Hall–Kier alpha value is -3.87. The van der Waals surface area contributed by atoms with Crippen LogP contribution in [0.2, 0.25) is 0 Å². The van der Waals surface area contributed by atoms with Gasteiger partial charge in [-0.25, -0.2) is 0 Å². The van der Waals surface area contributed by atoms with Gasteiger partial charge in [0, 0.05) is 18.7 Å². The van der Waals surface area contributed by atoms with E-state index in [9.17, 15) is 14.9 Å². The molecule has 7 nitrogen and oxygen atoms in total. The lowest BCUT2D eigenvalue weighted by atomic mass is 10.1. The number of nitrogens with zero attached hydrogens (tertiary/aromatic N) is 1. The average Bonchev–Trinajstić information content (AvgIpc) is 2.70. The number of para-hydroxylation sites is 2. The molecule has 0 aromatic heterocycles. The molecule has 0 bridgehead atoms. The maximum atomic E-state index is 12.6. The molecule has 0 aliphatic rings. The zero-order valence-corrected chi connectivity index (χ0v) is 15.4. The maximum absolute atomic E-state index is 12.6. The lowest BCUT2D eigenvalue weighted by molar-refractivity contribution is -0.384. The number of aryl methyl sites for hydroxylation is 1. The van der Waals surface area contributed by atoms with Crippen LogP contribution in [0.15, 0.2) is 66.7 Å². The molecule has 3 rings (SSSR count). The van der Waals surface area contributed by atoms with Crippen molar-refractivity contribution in [1.82, 2.24) is 0 Å². The molecule has 0 heterocycles. The highest BCUT2D eigenvalue weighted by Crippen LogP contribution is 2.30. The van der Waals surface area contributed by atoms with E-state index < -0.39 is 10.8 Å². The lowest BCUT2D eigenvalue weighted by Crippen LogP contribution is -2.13. The molecule has 0 fully saturated rings. The summed E-state index contributed by atoms with van der Waals surface area (Å²) in [7, 11) is 1.58. The topological polar surface area (TPSA) is 93.5 Å². The van der Waals surface area contributed by atoms with E-state index >= 15 is 0 Å². The van der Waals surface area contributed by atoms with Crippen LogP contribution in [0.1, 0.15) is 15.9 Å². The highest BCUT2D eigenvalue weighted by molar-refractivity contribution is 6.05. The third-order valence-electron chi connectivity index (χ3n) is 4.11. The van der Waals surface area contributed by atoms with E-state index in [1.54, 1.807) is 31.3 Å². The van der Waals surface area contributed by atoms with Gasteiger partial charge in [-0.05, 0) is 43.3 Å². The number of hydrogen-bond donors (Lipinski definition) is 2. The summed E-state index contributed by atoms with van der Waals surface area (Å²) >= 11 is 0. The van der Waals surface area contributed by atoms with Crippen molar-refractivity contribution in [2.75, 3.05) is 17.7 Å². The van der Waals surface area contributed by atoms with Crippen molar-refractivity contribution in [1.29, 1.82) is 0 Å². The summed E-state index contributed by atoms with van der Waals surface area (Å²) in [6.07, 6.45) is 0. The third-order valence-corrected chi connectivity index (χ3v) is 4.11. The number of amides is 1. The first-order valence-corrected chi connectivity index (χ1v) is 8.59. The van der Waals surface area contributed by atoms with Crippen LogP contribution in [0, 0.1) is 17.0 Å². The molecule has 28 heavy (non-hydrogen) atoms. The fourth-order valence-corrected chi connectivity index (χ4v) is 2.62. The fourth-order valence-electron chi connectivity index (χ4n) is 2.62. The van der Waals surface area contributed by atoms with Crippen molar-refractivity contribution in [3.05, 3.63) is 88.0 Å². The van der Waals surface area contributed by atoms with Gasteiger partial charge in [0.1, 0.15) is 11.4 Å². The van der Waals surface area contributed by atoms with E-state index in [0.29, 0.717) is 22.9 Å². The number of benzene rings is 3. The minimum absolute atomic E-state index is 0.167. The number of nitro groups is 1. The number of hydrogen-bond acceptors (Lipinski definition) is 5. The van der Waals surface area contributed by atoms with Crippen LogP contribution in [0.5, 0.6) is 11.5 Å². The Morgan fingerprint density at radius 3 is 2.39 bits per heavy atom. The van der Waals surface area contributed by atoms with E-state index in [-0.39, 0.29) is 11.3 Å². The summed E-state index contributed by atoms with van der Waals surface area (Å²) in [6.45, 7) is 1.98. The summed E-state index contributed by atoms with van der Waals surface area (Å²) in [5.74, 6) is 0.646. The molecule has 0 aliphatic heterocycles. The second-order valence-electron chi connectivity index (χ2n) is 6.10. The molecule has 0 saturated carbocycles. The molecule has 0 aliphatic carbocycles. The molecule has 2 N–H and O–H groups in total. The van der Waals surface area contributed by atoms with Gasteiger partial charge in [-0.3, -0.25) is 14.9 Å². The van der Waals surface area contributed by atoms with Crippen LogP contribution >= 0.6 is 0 Å². The van der Waals surface area contributed by atoms with E-state index in [4.69, 9.17) is 4.74 Å². The number of nitrogens with one attached hydrogen (secondary N) is 2. The van der Waals surface area contributed by atoms with E-state index in [2.05, 4.69) is 10.6 Å². The second kappa shape index (κ2) is 8.22. The molecule has 142 valence electrons. The Labute approximate surface area is 162 Å². The predicted molar refractivity (Wildman–Crippen MR) is 108 cm³/mol. The molecule has 0 atom stereocenters. The number of ether oxygens (including phenoxy) is 1. The fraction of sp³-hybridized carbons (Fsp3) is 0.0952. The van der Waals surface area contributed by atoms with Crippen molar-refractivity contribution >= 4 is 23.0 Å². The number of rotatable bonds is 6. The first kappa shape index (κ1) is 18.9. The molecule has 7 heteroatoms. The molecular formula is C21H19N3O4. The smallest absolute Gasteiger partial charge is 0.293 e. The van der Waals surface area contributed by atoms with Gasteiger partial charge < -0.3 is 15.4 Å². The first-order valence-electron chi connectivity index (χ1n) is 8.59. The molecule has 3 aromatic carbocycles. The Morgan fingerprint density at radius 1 is 1.00 bits per heavy atom. The number of nitro benzene ring substituents is 1. The van der Waals surface area contributed by atoms with Crippen molar-refractivity contribution in [2.45, 2.75) is 6.92 Å². The summed E-state index contributed by atoms with van der Waals surface area (Å²) in [5.41, 5.74) is 1.92. The van der Waals surface area contributed by atoms with E-state index in [1.807, 2.05) is 31.2 Å². The van der Waals surface area contributed by atoms with E-state index in [1.165, 1.54) is 18.2 Å². The van der Waals surface area contributed by atoms with Crippen LogP contribution in [0.25, 0.3) is 0 Å². The largest absolute Gasteiger partial charge is 0.455 e. The Bertz CT molecular complexity index is 1020. The molecule has 3 aromatic rings. The second-order valence-corrected chi connectivity index (χ2v) is 6.10. The third kappa shape index (κ3) is 4.27. The van der Waals surface area contributed by atoms with Crippen LogP contribution in [-0.4, -0.2) is 17.9 Å². The van der Waals surface area contributed by atoms with Crippen molar-refractivity contribution in [2.24, 2.45) is 0 Å². The number of anilines is 2. The Balaban J connectivity index is 1.84. The van der Waals surface area contributed by atoms with Gasteiger partial charge in [0.2, 0.25) is 0 Å². The molecule has 0 saturated heterocycles. The predicted octanol–water partition coefficient (Wildman–Crippen LogP) is 4.99. The van der Waals surface area contributed by atoms with Gasteiger partial charge in [0.05, 0.1) is 10.6 Å².